The minimum atomic E-state index is -0.396. The van der Waals surface area contributed by atoms with Crippen molar-refractivity contribution in [2.75, 3.05) is 19.8 Å². The summed E-state index contributed by atoms with van der Waals surface area (Å²) in [4.78, 5) is 27.1. The average Bonchev–Trinajstić information content (AvgIpc) is 2.70. The molecule has 4 rings (SSSR count). The van der Waals surface area contributed by atoms with E-state index in [-0.39, 0.29) is 25.1 Å². The van der Waals surface area contributed by atoms with Gasteiger partial charge in [-0.15, -0.1) is 0 Å². The molecule has 146 valence electrons. The lowest BCUT2D eigenvalue weighted by Gasteiger charge is -2.44. The summed E-state index contributed by atoms with van der Waals surface area (Å²) in [6, 6.07) is 5.75. The third-order valence-corrected chi connectivity index (χ3v) is 6.40. The number of amides is 1. The summed E-state index contributed by atoms with van der Waals surface area (Å²) >= 11 is 6.03. The van der Waals surface area contributed by atoms with E-state index in [1.54, 1.807) is 6.07 Å². The van der Waals surface area contributed by atoms with E-state index in [1.165, 1.54) is 25.7 Å². The van der Waals surface area contributed by atoms with Crippen molar-refractivity contribution in [2.24, 2.45) is 11.8 Å². The molecule has 1 aromatic rings. The number of hydrogen-bond acceptors (Lipinski definition) is 4. The molecule has 6 heteroatoms. The Morgan fingerprint density at radius 1 is 1.19 bits per heavy atom. The molecule has 0 bridgehead atoms. The molecule has 1 saturated carbocycles. The fourth-order valence-corrected chi connectivity index (χ4v) is 4.98. The van der Waals surface area contributed by atoms with E-state index in [4.69, 9.17) is 21.1 Å². The van der Waals surface area contributed by atoms with Crippen LogP contribution in [0, 0.1) is 11.8 Å². The van der Waals surface area contributed by atoms with Gasteiger partial charge < -0.3 is 14.4 Å². The molecular weight excluding hydrogens is 366 g/mol. The number of fused-ring (bicyclic) bond motifs is 2. The third kappa shape index (κ3) is 4.08. The van der Waals surface area contributed by atoms with Gasteiger partial charge in [0.25, 0.3) is 5.91 Å². The second-order valence-electron chi connectivity index (χ2n) is 7.91. The Hall–Kier alpha value is -1.75. The summed E-state index contributed by atoms with van der Waals surface area (Å²) in [6.07, 6.45) is 7.55. The fraction of sp³-hybridized carbons (Fsp3) is 0.619. The smallest absolute Gasteiger partial charge is 0.313 e. The van der Waals surface area contributed by atoms with Crippen LogP contribution in [-0.2, 0) is 20.7 Å². The molecule has 27 heavy (non-hydrogen) atoms. The molecule has 5 nitrogen and oxygen atoms in total. The van der Waals surface area contributed by atoms with Crippen molar-refractivity contribution < 1.29 is 19.1 Å². The lowest BCUT2D eigenvalue weighted by atomic mass is 9.78. The first-order chi connectivity index (χ1) is 13.1. The molecule has 1 aliphatic carbocycles. The molecule has 2 aliphatic heterocycles. The van der Waals surface area contributed by atoms with E-state index >= 15 is 0 Å². The van der Waals surface area contributed by atoms with Gasteiger partial charge in [0.05, 0.1) is 5.92 Å². The van der Waals surface area contributed by atoms with E-state index in [0.717, 1.165) is 30.7 Å². The molecule has 0 spiro atoms. The van der Waals surface area contributed by atoms with Crippen molar-refractivity contribution in [3.8, 4) is 5.75 Å². The van der Waals surface area contributed by atoms with Gasteiger partial charge in [0.1, 0.15) is 12.4 Å². The Bertz CT molecular complexity index is 720. The quantitative estimate of drug-likeness (QED) is 0.738. The molecule has 0 unspecified atom stereocenters. The number of carbonyl (C=O) groups excluding carboxylic acids is 2. The number of carbonyl (C=O) groups is 2. The topological polar surface area (TPSA) is 55.8 Å². The van der Waals surface area contributed by atoms with Crippen LogP contribution in [0.25, 0.3) is 0 Å². The molecule has 0 N–H and O–H groups in total. The summed E-state index contributed by atoms with van der Waals surface area (Å²) in [7, 11) is 0. The number of halogens is 1. The molecule has 2 fully saturated rings. The van der Waals surface area contributed by atoms with Crippen LogP contribution >= 0.6 is 11.6 Å². The first-order valence-electron chi connectivity index (χ1n) is 9.99. The first-order valence-corrected chi connectivity index (χ1v) is 10.4. The molecule has 3 aliphatic rings. The van der Waals surface area contributed by atoms with Crippen LogP contribution in [0.4, 0.5) is 0 Å². The van der Waals surface area contributed by atoms with Crippen LogP contribution in [0.3, 0.4) is 0 Å². The summed E-state index contributed by atoms with van der Waals surface area (Å²) in [5.74, 6) is 0.565. The SMILES string of the molecule is O=C(OCC(=O)N1CCC[C@@H]2CCCC[C@@H]21)[C@@H]1COc2ccc(Cl)cc2C1. The highest BCUT2D eigenvalue weighted by Gasteiger charge is 2.36. The number of piperidine rings is 1. The van der Waals surface area contributed by atoms with Crippen LogP contribution < -0.4 is 4.74 Å². The number of rotatable bonds is 3. The Balaban J connectivity index is 1.32. The lowest BCUT2D eigenvalue weighted by Crippen LogP contribution is -2.51. The highest BCUT2D eigenvalue weighted by molar-refractivity contribution is 6.30. The minimum absolute atomic E-state index is 0.0554. The zero-order chi connectivity index (χ0) is 18.8. The van der Waals surface area contributed by atoms with Crippen molar-refractivity contribution in [3.05, 3.63) is 28.8 Å². The number of ether oxygens (including phenoxy) is 2. The molecule has 1 saturated heterocycles. The fourth-order valence-electron chi connectivity index (χ4n) is 4.78. The molecule has 0 radical (unpaired) electrons. The zero-order valence-corrected chi connectivity index (χ0v) is 16.2. The predicted octanol–water partition coefficient (Wildman–Crippen LogP) is 3.62. The highest BCUT2D eigenvalue weighted by atomic mass is 35.5. The van der Waals surface area contributed by atoms with Crippen molar-refractivity contribution in [2.45, 2.75) is 51.0 Å². The lowest BCUT2D eigenvalue weighted by molar-refractivity contribution is -0.158. The van der Waals surface area contributed by atoms with Gasteiger partial charge in [-0.05, 0) is 61.8 Å². The molecular formula is C21H26ClNO4. The van der Waals surface area contributed by atoms with E-state index in [9.17, 15) is 9.59 Å². The number of nitrogens with zero attached hydrogens (tertiary/aromatic N) is 1. The highest BCUT2D eigenvalue weighted by Crippen LogP contribution is 2.35. The van der Waals surface area contributed by atoms with Gasteiger partial charge in [-0.1, -0.05) is 24.4 Å². The van der Waals surface area contributed by atoms with Gasteiger partial charge in [0, 0.05) is 17.6 Å². The Labute approximate surface area is 165 Å². The number of likely N-dealkylation sites (tertiary alicyclic amines) is 1. The van der Waals surface area contributed by atoms with Gasteiger partial charge in [-0.25, -0.2) is 0 Å². The average molecular weight is 392 g/mol. The van der Waals surface area contributed by atoms with Crippen molar-refractivity contribution in [3.63, 3.8) is 0 Å². The summed E-state index contributed by atoms with van der Waals surface area (Å²) in [6.45, 7) is 0.896. The van der Waals surface area contributed by atoms with E-state index in [2.05, 4.69) is 0 Å². The maximum Gasteiger partial charge on any atom is 0.313 e. The Kier molecular flexibility index (Phi) is 5.58. The predicted molar refractivity (Wildman–Crippen MR) is 102 cm³/mol. The van der Waals surface area contributed by atoms with Gasteiger partial charge in [0.2, 0.25) is 0 Å². The minimum Gasteiger partial charge on any atom is -0.492 e. The third-order valence-electron chi connectivity index (χ3n) is 6.16. The maximum absolute atomic E-state index is 12.7. The summed E-state index contributed by atoms with van der Waals surface area (Å²) in [5, 5.41) is 0.619. The number of esters is 1. The molecule has 1 amide bonds. The van der Waals surface area contributed by atoms with E-state index in [1.807, 2.05) is 17.0 Å². The normalized spacial score (nSPS) is 27.1. The summed E-state index contributed by atoms with van der Waals surface area (Å²) in [5.41, 5.74) is 0.906. The van der Waals surface area contributed by atoms with Crippen molar-refractivity contribution >= 4 is 23.5 Å². The largest absolute Gasteiger partial charge is 0.492 e. The standard InChI is InChI=1S/C21H26ClNO4/c22-17-7-8-19-15(11-17)10-16(12-26-19)21(25)27-13-20(24)23-9-3-5-14-4-1-2-6-18(14)23/h7-8,11,14,16,18H,1-6,9-10,12-13H2/t14-,16-,18-/m0/s1. The van der Waals surface area contributed by atoms with Crippen LogP contribution in [0.1, 0.15) is 44.1 Å². The number of benzene rings is 1. The van der Waals surface area contributed by atoms with Gasteiger partial charge in [-0.3, -0.25) is 9.59 Å². The van der Waals surface area contributed by atoms with Crippen molar-refractivity contribution in [1.82, 2.24) is 4.90 Å². The van der Waals surface area contributed by atoms with Gasteiger partial charge >= 0.3 is 5.97 Å². The molecule has 1 aromatic carbocycles. The second-order valence-corrected chi connectivity index (χ2v) is 8.35. The second kappa shape index (κ2) is 8.09. The Morgan fingerprint density at radius 3 is 2.89 bits per heavy atom. The monoisotopic (exact) mass is 391 g/mol. The molecule has 0 aromatic heterocycles. The first kappa shape index (κ1) is 18.6. The maximum atomic E-state index is 12.7. The zero-order valence-electron chi connectivity index (χ0n) is 15.5. The van der Waals surface area contributed by atoms with E-state index < -0.39 is 5.92 Å². The number of hydrogen-bond donors (Lipinski definition) is 0. The van der Waals surface area contributed by atoms with Crippen LogP contribution in [0.2, 0.25) is 5.02 Å². The van der Waals surface area contributed by atoms with E-state index in [0.29, 0.717) is 23.4 Å². The van der Waals surface area contributed by atoms with Crippen LogP contribution in [0.5, 0.6) is 5.75 Å². The van der Waals surface area contributed by atoms with Gasteiger partial charge in [0.15, 0.2) is 6.61 Å². The van der Waals surface area contributed by atoms with Crippen LogP contribution in [-0.4, -0.2) is 42.6 Å². The van der Waals surface area contributed by atoms with Crippen molar-refractivity contribution in [1.29, 1.82) is 0 Å². The van der Waals surface area contributed by atoms with Crippen LogP contribution in [0.15, 0.2) is 18.2 Å². The molecule has 2 heterocycles. The summed E-state index contributed by atoms with van der Waals surface area (Å²) < 4.78 is 11.0. The molecule has 3 atom stereocenters. The Morgan fingerprint density at radius 2 is 2.00 bits per heavy atom. The van der Waals surface area contributed by atoms with Gasteiger partial charge in [-0.2, -0.15) is 0 Å².